The first-order valence-electron chi connectivity index (χ1n) is 8.83. The molecule has 136 valence electrons. The third-order valence-electron chi connectivity index (χ3n) is 4.81. The Morgan fingerprint density at radius 2 is 2.16 bits per heavy atom. The molecule has 1 aromatic rings. The van der Waals surface area contributed by atoms with Crippen LogP contribution in [0.5, 0.6) is 5.75 Å². The van der Waals surface area contributed by atoms with Gasteiger partial charge in [-0.3, -0.25) is 9.69 Å². The molecule has 6 heteroatoms. The summed E-state index contributed by atoms with van der Waals surface area (Å²) < 4.78 is 10.7. The van der Waals surface area contributed by atoms with Crippen LogP contribution in [0.15, 0.2) is 18.2 Å². The minimum Gasteiger partial charge on any atom is -0.487 e. The third kappa shape index (κ3) is 3.89. The average molecular weight is 346 g/mol. The number of carbonyl (C=O) groups is 2. The van der Waals surface area contributed by atoms with Gasteiger partial charge in [0.15, 0.2) is 0 Å². The van der Waals surface area contributed by atoms with Crippen LogP contribution in [0.1, 0.15) is 44.2 Å². The fraction of sp³-hybridized carbons (Fsp3) is 0.579. The number of fused-ring (bicyclic) bond motifs is 1. The molecule has 6 nitrogen and oxygen atoms in total. The Balaban J connectivity index is 1.62. The Morgan fingerprint density at radius 1 is 1.36 bits per heavy atom. The lowest BCUT2D eigenvalue weighted by Gasteiger charge is -2.33. The van der Waals surface area contributed by atoms with Crippen molar-refractivity contribution in [2.24, 2.45) is 0 Å². The maximum Gasteiger partial charge on any atom is 0.410 e. The van der Waals surface area contributed by atoms with Gasteiger partial charge >= 0.3 is 6.09 Å². The number of nitrogens with one attached hydrogen (secondary N) is 1. The number of likely N-dealkylation sites (tertiary alicyclic amines) is 1. The number of amides is 2. The molecule has 0 aliphatic carbocycles. The molecule has 0 radical (unpaired) electrons. The van der Waals surface area contributed by atoms with Crippen LogP contribution in [0.2, 0.25) is 0 Å². The molecule has 1 atom stereocenters. The molecule has 1 aromatic carbocycles. The Kier molecular flexibility index (Phi) is 4.88. The Bertz CT molecular complexity index is 671. The first kappa shape index (κ1) is 17.6. The van der Waals surface area contributed by atoms with Crippen LogP contribution >= 0.6 is 0 Å². The largest absolute Gasteiger partial charge is 0.487 e. The van der Waals surface area contributed by atoms with Gasteiger partial charge < -0.3 is 14.8 Å². The molecule has 0 bridgehead atoms. The van der Waals surface area contributed by atoms with Crippen molar-refractivity contribution in [1.29, 1.82) is 0 Å². The van der Waals surface area contributed by atoms with Gasteiger partial charge in [0.1, 0.15) is 17.4 Å². The summed E-state index contributed by atoms with van der Waals surface area (Å²) in [7, 11) is 1.35. The van der Waals surface area contributed by atoms with Crippen LogP contribution in [0.4, 0.5) is 4.79 Å². The minimum atomic E-state index is -0.446. The van der Waals surface area contributed by atoms with Gasteiger partial charge in [-0.1, -0.05) is 12.1 Å². The standard InChI is InChI=1S/C19H26N2O4/c1-19(2)11-14-10-13(7-8-16(14)25-19)12-20-17(22)15-6-4-5-9-21(15)18(23)24-3/h7-8,10,15H,4-6,9,11-12H2,1-3H3,(H,20,22). The van der Waals surface area contributed by atoms with E-state index in [9.17, 15) is 9.59 Å². The summed E-state index contributed by atoms with van der Waals surface area (Å²) in [6, 6.07) is 5.58. The van der Waals surface area contributed by atoms with E-state index >= 15 is 0 Å². The Labute approximate surface area is 148 Å². The molecule has 1 fully saturated rings. The lowest BCUT2D eigenvalue weighted by atomic mass is 10.00. The molecular formula is C19H26N2O4. The second-order valence-corrected chi connectivity index (χ2v) is 7.37. The second kappa shape index (κ2) is 6.94. The van der Waals surface area contributed by atoms with Gasteiger partial charge in [0.25, 0.3) is 0 Å². The Morgan fingerprint density at radius 3 is 2.92 bits per heavy atom. The molecule has 2 aliphatic heterocycles. The fourth-order valence-electron chi connectivity index (χ4n) is 3.62. The quantitative estimate of drug-likeness (QED) is 0.914. The van der Waals surface area contributed by atoms with Gasteiger partial charge in [-0.05, 0) is 50.3 Å². The summed E-state index contributed by atoms with van der Waals surface area (Å²) in [6.07, 6.45) is 2.95. The van der Waals surface area contributed by atoms with Crippen molar-refractivity contribution in [3.8, 4) is 5.75 Å². The van der Waals surface area contributed by atoms with Crippen LogP contribution in [0.3, 0.4) is 0 Å². The van der Waals surface area contributed by atoms with Crippen LogP contribution in [-0.2, 0) is 22.5 Å². The first-order chi connectivity index (χ1) is 11.9. The molecule has 3 rings (SSSR count). The van der Waals surface area contributed by atoms with Gasteiger partial charge in [0.2, 0.25) is 5.91 Å². The minimum absolute atomic E-state index is 0.123. The number of ether oxygens (including phenoxy) is 2. The van der Waals surface area contributed by atoms with Crippen molar-refractivity contribution in [1.82, 2.24) is 10.2 Å². The zero-order valence-corrected chi connectivity index (χ0v) is 15.1. The van der Waals surface area contributed by atoms with Crippen molar-refractivity contribution in [3.63, 3.8) is 0 Å². The van der Waals surface area contributed by atoms with Gasteiger partial charge in [-0.2, -0.15) is 0 Å². The van der Waals surface area contributed by atoms with E-state index < -0.39 is 12.1 Å². The summed E-state index contributed by atoms with van der Waals surface area (Å²) in [4.78, 5) is 25.9. The smallest absolute Gasteiger partial charge is 0.410 e. The average Bonchev–Trinajstić information content (AvgIpc) is 2.91. The summed E-state index contributed by atoms with van der Waals surface area (Å²) in [5.74, 6) is 0.798. The lowest BCUT2D eigenvalue weighted by Crippen LogP contribution is -2.51. The fourth-order valence-corrected chi connectivity index (χ4v) is 3.62. The molecule has 2 aliphatic rings. The van der Waals surface area contributed by atoms with E-state index in [1.54, 1.807) is 0 Å². The molecule has 0 aromatic heterocycles. The van der Waals surface area contributed by atoms with Crippen LogP contribution < -0.4 is 10.1 Å². The van der Waals surface area contributed by atoms with Crippen LogP contribution in [-0.4, -0.2) is 42.2 Å². The van der Waals surface area contributed by atoms with Crippen LogP contribution in [0.25, 0.3) is 0 Å². The molecule has 2 heterocycles. The number of nitrogens with zero attached hydrogens (tertiary/aromatic N) is 1. The number of piperidine rings is 1. The summed E-state index contributed by atoms with van der Waals surface area (Å²) >= 11 is 0. The highest BCUT2D eigenvalue weighted by molar-refractivity contribution is 5.85. The molecule has 1 unspecified atom stereocenters. The molecule has 0 saturated carbocycles. The molecular weight excluding hydrogens is 320 g/mol. The van der Waals surface area contributed by atoms with E-state index in [1.165, 1.54) is 17.6 Å². The number of hydrogen-bond donors (Lipinski definition) is 1. The third-order valence-corrected chi connectivity index (χ3v) is 4.81. The van der Waals surface area contributed by atoms with Crippen molar-refractivity contribution < 1.29 is 19.1 Å². The van der Waals surface area contributed by atoms with E-state index in [0.717, 1.165) is 30.6 Å². The first-order valence-corrected chi connectivity index (χ1v) is 8.83. The number of benzene rings is 1. The topological polar surface area (TPSA) is 67.9 Å². The Hall–Kier alpha value is -2.24. The lowest BCUT2D eigenvalue weighted by molar-refractivity contribution is -0.127. The van der Waals surface area contributed by atoms with Crippen molar-refractivity contribution >= 4 is 12.0 Å². The van der Waals surface area contributed by atoms with Gasteiger partial charge in [0, 0.05) is 19.5 Å². The van der Waals surface area contributed by atoms with Gasteiger partial charge in [0.05, 0.1) is 7.11 Å². The van der Waals surface area contributed by atoms with E-state index in [1.807, 2.05) is 12.1 Å². The van der Waals surface area contributed by atoms with E-state index in [0.29, 0.717) is 19.5 Å². The predicted molar refractivity (Wildman–Crippen MR) is 93.4 cm³/mol. The van der Waals surface area contributed by atoms with E-state index in [-0.39, 0.29) is 11.5 Å². The highest BCUT2D eigenvalue weighted by atomic mass is 16.5. The molecule has 1 saturated heterocycles. The molecule has 0 spiro atoms. The maximum atomic E-state index is 12.6. The SMILES string of the molecule is COC(=O)N1CCCCC1C(=O)NCc1ccc2c(c1)CC(C)(C)O2. The highest BCUT2D eigenvalue weighted by Gasteiger charge is 2.33. The van der Waals surface area contributed by atoms with E-state index in [4.69, 9.17) is 9.47 Å². The van der Waals surface area contributed by atoms with Crippen LogP contribution in [0, 0.1) is 0 Å². The van der Waals surface area contributed by atoms with Gasteiger partial charge in [-0.25, -0.2) is 4.79 Å². The summed E-state index contributed by atoms with van der Waals surface area (Å²) in [5.41, 5.74) is 2.03. The van der Waals surface area contributed by atoms with Crippen molar-refractivity contribution in [2.45, 2.75) is 57.7 Å². The summed E-state index contributed by atoms with van der Waals surface area (Å²) in [5, 5.41) is 2.96. The van der Waals surface area contributed by atoms with E-state index in [2.05, 4.69) is 25.2 Å². The number of carbonyl (C=O) groups excluding carboxylic acids is 2. The van der Waals surface area contributed by atoms with Crippen molar-refractivity contribution in [3.05, 3.63) is 29.3 Å². The predicted octanol–water partition coefficient (Wildman–Crippen LogP) is 2.64. The number of rotatable bonds is 3. The second-order valence-electron chi connectivity index (χ2n) is 7.37. The monoisotopic (exact) mass is 346 g/mol. The zero-order chi connectivity index (χ0) is 18.0. The molecule has 2 amide bonds. The molecule has 1 N–H and O–H groups in total. The summed E-state index contributed by atoms with van der Waals surface area (Å²) in [6.45, 7) is 5.14. The number of hydrogen-bond acceptors (Lipinski definition) is 4. The highest BCUT2D eigenvalue weighted by Crippen LogP contribution is 2.35. The maximum absolute atomic E-state index is 12.6. The van der Waals surface area contributed by atoms with Crippen molar-refractivity contribution in [2.75, 3.05) is 13.7 Å². The molecule has 25 heavy (non-hydrogen) atoms. The normalized spacial score (nSPS) is 21.2. The zero-order valence-electron chi connectivity index (χ0n) is 15.1. The van der Waals surface area contributed by atoms with Gasteiger partial charge in [-0.15, -0.1) is 0 Å². The number of methoxy groups -OCH3 is 1.